The Morgan fingerprint density at radius 1 is 1.56 bits per heavy atom. The van der Waals surface area contributed by atoms with Gasteiger partial charge in [-0.3, -0.25) is 0 Å². The fraction of sp³-hybridized carbons (Fsp3) is 1.00. The molecule has 54 valence electrons. The Bertz CT molecular complexity index is 97.1. The third-order valence-corrected chi connectivity index (χ3v) is 3.53. The summed E-state index contributed by atoms with van der Waals surface area (Å²) in [5.41, 5.74) is 0. The average molecular weight is 145 g/mol. The van der Waals surface area contributed by atoms with Crippen LogP contribution in [0.2, 0.25) is 0 Å². The predicted octanol–water partition coefficient (Wildman–Crippen LogP) is 1.49. The Morgan fingerprint density at radius 3 is 2.22 bits per heavy atom. The molecule has 0 aromatic carbocycles. The topological polar surface area (TPSA) is 12.0 Å². The average Bonchev–Trinajstić information content (AvgIpc) is 1.60. The Kier molecular flexibility index (Phi) is 2.07. The first kappa shape index (κ1) is 7.42. The summed E-state index contributed by atoms with van der Waals surface area (Å²) in [6.07, 6.45) is 3.54. The van der Waals surface area contributed by atoms with Gasteiger partial charge < -0.3 is 5.32 Å². The first-order valence-electron chi connectivity index (χ1n) is 3.45. The lowest BCUT2D eigenvalue weighted by Gasteiger charge is -2.40. The molecule has 1 unspecified atom stereocenters. The molecule has 1 rings (SSSR count). The van der Waals surface area contributed by atoms with Gasteiger partial charge in [0.15, 0.2) is 0 Å². The van der Waals surface area contributed by atoms with E-state index in [1.165, 1.54) is 13.0 Å². The van der Waals surface area contributed by atoms with Crippen molar-refractivity contribution in [2.75, 3.05) is 12.8 Å². The molecular weight excluding hydrogens is 130 g/mol. The van der Waals surface area contributed by atoms with Crippen LogP contribution in [0.25, 0.3) is 0 Å². The van der Waals surface area contributed by atoms with E-state index >= 15 is 0 Å². The first-order valence-corrected chi connectivity index (χ1v) is 4.68. The second-order valence-electron chi connectivity index (χ2n) is 3.10. The number of nitrogens with one attached hydrogen (secondary N) is 1. The second-order valence-corrected chi connectivity index (χ2v) is 4.56. The Morgan fingerprint density at radius 2 is 2.11 bits per heavy atom. The van der Waals surface area contributed by atoms with Crippen molar-refractivity contribution < 1.29 is 0 Å². The molecule has 0 aliphatic carbocycles. The molecule has 1 aliphatic heterocycles. The van der Waals surface area contributed by atoms with E-state index in [0.717, 1.165) is 6.04 Å². The van der Waals surface area contributed by atoms with Crippen molar-refractivity contribution in [3.8, 4) is 0 Å². The zero-order valence-corrected chi connectivity index (χ0v) is 7.22. The summed E-state index contributed by atoms with van der Waals surface area (Å²) in [4.78, 5) is 0. The summed E-state index contributed by atoms with van der Waals surface area (Å²) in [7, 11) is 0. The fourth-order valence-electron chi connectivity index (χ4n) is 1.02. The molecule has 0 radical (unpaired) electrons. The molecule has 0 amide bonds. The standard InChI is InChI=1S/C7H15NS/c1-7(2,9-3)6-4-5-8-6/h6,8H,4-5H2,1-3H3. The molecule has 1 nitrogen and oxygen atoms in total. The molecule has 0 saturated carbocycles. The van der Waals surface area contributed by atoms with Crippen LogP contribution in [-0.4, -0.2) is 23.6 Å². The zero-order chi connectivity index (χ0) is 6.91. The van der Waals surface area contributed by atoms with Crippen LogP contribution in [0.1, 0.15) is 20.3 Å². The maximum atomic E-state index is 3.42. The van der Waals surface area contributed by atoms with E-state index in [9.17, 15) is 0 Å². The zero-order valence-electron chi connectivity index (χ0n) is 6.40. The van der Waals surface area contributed by atoms with Crippen LogP contribution >= 0.6 is 11.8 Å². The van der Waals surface area contributed by atoms with Gasteiger partial charge in [-0.25, -0.2) is 0 Å². The maximum Gasteiger partial charge on any atom is 0.0254 e. The molecule has 1 aliphatic rings. The summed E-state index contributed by atoms with van der Waals surface area (Å²) >= 11 is 1.95. The lowest BCUT2D eigenvalue weighted by Crippen LogP contribution is -2.54. The summed E-state index contributed by atoms with van der Waals surface area (Å²) < 4.78 is 0.443. The SMILES string of the molecule is CSC(C)(C)C1CCN1. The largest absolute Gasteiger partial charge is 0.313 e. The van der Waals surface area contributed by atoms with Gasteiger partial charge in [-0.1, -0.05) is 0 Å². The number of hydrogen-bond donors (Lipinski definition) is 1. The highest BCUT2D eigenvalue weighted by molar-refractivity contribution is 8.00. The summed E-state index contributed by atoms with van der Waals surface area (Å²) in [6.45, 7) is 5.82. The summed E-state index contributed by atoms with van der Waals surface area (Å²) in [6, 6.07) is 0.757. The van der Waals surface area contributed by atoms with Gasteiger partial charge in [-0.2, -0.15) is 11.8 Å². The first-order chi connectivity index (χ1) is 4.17. The highest BCUT2D eigenvalue weighted by atomic mass is 32.2. The summed E-state index contributed by atoms with van der Waals surface area (Å²) in [5.74, 6) is 0. The Labute approximate surface area is 61.6 Å². The third kappa shape index (κ3) is 1.41. The number of hydrogen-bond acceptors (Lipinski definition) is 2. The van der Waals surface area contributed by atoms with Crippen molar-refractivity contribution in [1.29, 1.82) is 0 Å². The van der Waals surface area contributed by atoms with Crippen molar-refractivity contribution in [1.82, 2.24) is 5.32 Å². The van der Waals surface area contributed by atoms with Crippen molar-refractivity contribution in [3.05, 3.63) is 0 Å². The fourth-order valence-corrected chi connectivity index (χ4v) is 1.51. The monoisotopic (exact) mass is 145 g/mol. The van der Waals surface area contributed by atoms with Crippen LogP contribution in [0.4, 0.5) is 0 Å². The van der Waals surface area contributed by atoms with Crippen LogP contribution in [0.3, 0.4) is 0 Å². The van der Waals surface area contributed by atoms with Gasteiger partial charge in [0.2, 0.25) is 0 Å². The minimum atomic E-state index is 0.443. The van der Waals surface area contributed by atoms with Crippen molar-refractivity contribution in [2.45, 2.75) is 31.1 Å². The molecule has 1 fully saturated rings. The van der Waals surface area contributed by atoms with Crippen molar-refractivity contribution in [2.24, 2.45) is 0 Å². The van der Waals surface area contributed by atoms with E-state index < -0.39 is 0 Å². The van der Waals surface area contributed by atoms with E-state index in [1.54, 1.807) is 0 Å². The van der Waals surface area contributed by atoms with E-state index in [-0.39, 0.29) is 0 Å². The Hall–Kier alpha value is 0.310. The molecule has 0 aromatic rings. The molecule has 9 heavy (non-hydrogen) atoms. The van der Waals surface area contributed by atoms with Gasteiger partial charge in [-0.05, 0) is 33.1 Å². The van der Waals surface area contributed by atoms with E-state index in [0.29, 0.717) is 4.75 Å². The quantitative estimate of drug-likeness (QED) is 0.632. The predicted molar refractivity (Wildman–Crippen MR) is 44.0 cm³/mol. The smallest absolute Gasteiger partial charge is 0.0254 e. The highest BCUT2D eigenvalue weighted by Crippen LogP contribution is 2.29. The minimum Gasteiger partial charge on any atom is -0.313 e. The second kappa shape index (κ2) is 2.51. The molecule has 0 spiro atoms. The molecule has 1 atom stereocenters. The van der Waals surface area contributed by atoms with Crippen LogP contribution in [0, 0.1) is 0 Å². The van der Waals surface area contributed by atoms with Gasteiger partial charge in [-0.15, -0.1) is 0 Å². The van der Waals surface area contributed by atoms with E-state index in [1.807, 2.05) is 11.8 Å². The van der Waals surface area contributed by atoms with Gasteiger partial charge in [0.1, 0.15) is 0 Å². The van der Waals surface area contributed by atoms with Crippen LogP contribution in [-0.2, 0) is 0 Å². The maximum absolute atomic E-state index is 3.42. The number of rotatable bonds is 2. The molecular formula is C7H15NS. The van der Waals surface area contributed by atoms with Gasteiger partial charge in [0, 0.05) is 10.8 Å². The Balaban J connectivity index is 2.37. The minimum absolute atomic E-state index is 0.443. The lowest BCUT2D eigenvalue weighted by atomic mass is 9.94. The van der Waals surface area contributed by atoms with Crippen LogP contribution in [0.15, 0.2) is 0 Å². The van der Waals surface area contributed by atoms with Crippen LogP contribution < -0.4 is 5.32 Å². The van der Waals surface area contributed by atoms with Crippen molar-refractivity contribution in [3.63, 3.8) is 0 Å². The molecule has 2 heteroatoms. The normalized spacial score (nSPS) is 27.7. The molecule has 0 bridgehead atoms. The van der Waals surface area contributed by atoms with Gasteiger partial charge in [0.05, 0.1) is 0 Å². The molecule has 0 aromatic heterocycles. The van der Waals surface area contributed by atoms with Gasteiger partial charge in [0.25, 0.3) is 0 Å². The van der Waals surface area contributed by atoms with Gasteiger partial charge >= 0.3 is 0 Å². The lowest BCUT2D eigenvalue weighted by molar-refractivity contribution is 0.315. The van der Waals surface area contributed by atoms with Crippen molar-refractivity contribution >= 4 is 11.8 Å². The summed E-state index contributed by atoms with van der Waals surface area (Å²) in [5, 5.41) is 3.42. The molecule has 1 saturated heterocycles. The molecule has 1 heterocycles. The highest BCUT2D eigenvalue weighted by Gasteiger charge is 2.32. The van der Waals surface area contributed by atoms with Crippen LogP contribution in [0.5, 0.6) is 0 Å². The van der Waals surface area contributed by atoms with E-state index in [2.05, 4.69) is 25.4 Å². The number of thioether (sulfide) groups is 1. The van der Waals surface area contributed by atoms with E-state index in [4.69, 9.17) is 0 Å². The third-order valence-electron chi connectivity index (χ3n) is 2.19. The molecule has 1 N–H and O–H groups in total.